The van der Waals surface area contributed by atoms with E-state index in [1.807, 2.05) is 25.4 Å². The van der Waals surface area contributed by atoms with Crippen LogP contribution >= 0.6 is 0 Å². The molecule has 0 fully saturated rings. The number of hydrogen-bond donors (Lipinski definition) is 2. The summed E-state index contributed by atoms with van der Waals surface area (Å²) in [5.41, 5.74) is 1.00. The molecular formula is C6H9N3. The highest BCUT2D eigenvalue weighted by molar-refractivity contribution is 5.42. The van der Waals surface area contributed by atoms with Gasteiger partial charge in [0, 0.05) is 13.2 Å². The first-order chi connectivity index (χ1) is 4.43. The molecule has 3 nitrogen and oxygen atoms in total. The molecule has 1 aromatic rings. The van der Waals surface area contributed by atoms with E-state index in [2.05, 4.69) is 15.5 Å². The standard InChI is InChI=1S/C6H9N3/c1-7-4-2-6-3-5-8-9-6/h2-5,7H,1H3,(H,8,9)/b4-2-. The summed E-state index contributed by atoms with van der Waals surface area (Å²) in [6, 6.07) is 1.90. The second-order valence-corrected chi connectivity index (χ2v) is 1.63. The van der Waals surface area contributed by atoms with Gasteiger partial charge in [-0.25, -0.2) is 0 Å². The van der Waals surface area contributed by atoms with Crippen LogP contribution < -0.4 is 5.32 Å². The van der Waals surface area contributed by atoms with Gasteiger partial charge in [-0.2, -0.15) is 5.10 Å². The first-order valence-corrected chi connectivity index (χ1v) is 2.76. The number of hydrogen-bond acceptors (Lipinski definition) is 2. The van der Waals surface area contributed by atoms with Crippen LogP contribution in [0.3, 0.4) is 0 Å². The lowest BCUT2D eigenvalue weighted by atomic mass is 10.4. The first-order valence-electron chi connectivity index (χ1n) is 2.76. The Labute approximate surface area is 53.8 Å². The highest BCUT2D eigenvalue weighted by Gasteiger charge is 1.81. The van der Waals surface area contributed by atoms with E-state index >= 15 is 0 Å². The monoisotopic (exact) mass is 123 g/mol. The van der Waals surface area contributed by atoms with Crippen LogP contribution in [0.4, 0.5) is 0 Å². The smallest absolute Gasteiger partial charge is 0.0592 e. The van der Waals surface area contributed by atoms with E-state index in [9.17, 15) is 0 Å². The predicted molar refractivity (Wildman–Crippen MR) is 36.7 cm³/mol. The third kappa shape index (κ3) is 1.60. The molecule has 3 heteroatoms. The Bertz CT molecular complexity index is 176. The largest absolute Gasteiger partial charge is 0.394 e. The van der Waals surface area contributed by atoms with Crippen LogP contribution in [0.1, 0.15) is 5.69 Å². The van der Waals surface area contributed by atoms with Crippen molar-refractivity contribution < 1.29 is 0 Å². The average molecular weight is 123 g/mol. The predicted octanol–water partition coefficient (Wildman–Crippen LogP) is 0.600. The fourth-order valence-electron chi connectivity index (χ4n) is 0.533. The van der Waals surface area contributed by atoms with Gasteiger partial charge in [0.2, 0.25) is 0 Å². The second kappa shape index (κ2) is 2.91. The molecule has 0 saturated carbocycles. The third-order valence-electron chi connectivity index (χ3n) is 0.952. The van der Waals surface area contributed by atoms with Crippen molar-refractivity contribution in [1.82, 2.24) is 15.5 Å². The Hall–Kier alpha value is -1.25. The number of H-pyrrole nitrogens is 1. The van der Waals surface area contributed by atoms with Gasteiger partial charge in [-0.1, -0.05) is 0 Å². The van der Waals surface area contributed by atoms with E-state index in [1.165, 1.54) is 0 Å². The molecule has 1 heterocycles. The Balaban J connectivity index is 2.57. The lowest BCUT2D eigenvalue weighted by Gasteiger charge is -1.82. The first kappa shape index (κ1) is 5.88. The minimum Gasteiger partial charge on any atom is -0.394 e. The van der Waals surface area contributed by atoms with Crippen molar-refractivity contribution in [3.8, 4) is 0 Å². The van der Waals surface area contributed by atoms with Crippen LogP contribution in [-0.4, -0.2) is 17.2 Å². The van der Waals surface area contributed by atoms with Crippen molar-refractivity contribution in [3.63, 3.8) is 0 Å². The van der Waals surface area contributed by atoms with Gasteiger partial charge in [0.1, 0.15) is 0 Å². The van der Waals surface area contributed by atoms with Gasteiger partial charge in [-0.3, -0.25) is 5.10 Å². The average Bonchev–Trinajstić information content (AvgIpc) is 2.34. The molecule has 0 bridgehead atoms. The van der Waals surface area contributed by atoms with Crippen molar-refractivity contribution >= 4 is 6.08 Å². The summed E-state index contributed by atoms with van der Waals surface area (Å²) in [5, 5.41) is 9.44. The Morgan fingerprint density at radius 1 is 1.78 bits per heavy atom. The lowest BCUT2D eigenvalue weighted by molar-refractivity contribution is 1.07. The fraction of sp³-hybridized carbons (Fsp3) is 0.167. The molecule has 0 amide bonds. The summed E-state index contributed by atoms with van der Waals surface area (Å²) in [5.74, 6) is 0. The van der Waals surface area contributed by atoms with Crippen LogP contribution in [-0.2, 0) is 0 Å². The van der Waals surface area contributed by atoms with Gasteiger partial charge in [0.05, 0.1) is 5.69 Å². The highest BCUT2D eigenvalue weighted by atomic mass is 15.1. The van der Waals surface area contributed by atoms with Gasteiger partial charge in [0.25, 0.3) is 0 Å². The zero-order valence-corrected chi connectivity index (χ0v) is 5.26. The zero-order valence-electron chi connectivity index (χ0n) is 5.26. The normalized spacial score (nSPS) is 10.3. The van der Waals surface area contributed by atoms with Gasteiger partial charge in [-0.05, 0) is 18.3 Å². The van der Waals surface area contributed by atoms with Crippen molar-refractivity contribution in [2.24, 2.45) is 0 Å². The van der Waals surface area contributed by atoms with Crippen molar-refractivity contribution in [2.45, 2.75) is 0 Å². The van der Waals surface area contributed by atoms with Crippen LogP contribution in [0.2, 0.25) is 0 Å². The van der Waals surface area contributed by atoms with Gasteiger partial charge < -0.3 is 5.32 Å². The summed E-state index contributed by atoms with van der Waals surface area (Å²) in [7, 11) is 1.85. The summed E-state index contributed by atoms with van der Waals surface area (Å²) < 4.78 is 0. The molecule has 2 N–H and O–H groups in total. The maximum Gasteiger partial charge on any atom is 0.0592 e. The van der Waals surface area contributed by atoms with E-state index < -0.39 is 0 Å². The minimum absolute atomic E-state index is 1.00. The molecule has 9 heavy (non-hydrogen) atoms. The second-order valence-electron chi connectivity index (χ2n) is 1.63. The molecule has 0 unspecified atom stereocenters. The Morgan fingerprint density at radius 2 is 2.67 bits per heavy atom. The van der Waals surface area contributed by atoms with Crippen molar-refractivity contribution in [1.29, 1.82) is 0 Å². The molecule has 0 aromatic carbocycles. The topological polar surface area (TPSA) is 40.7 Å². The number of nitrogens with zero attached hydrogens (tertiary/aromatic N) is 1. The van der Waals surface area contributed by atoms with Gasteiger partial charge >= 0.3 is 0 Å². The molecule has 0 aliphatic heterocycles. The molecule has 0 aliphatic rings. The number of aromatic nitrogens is 2. The quantitative estimate of drug-likeness (QED) is 0.604. The SMILES string of the molecule is CN/C=C\c1ccn[nH]1. The third-order valence-corrected chi connectivity index (χ3v) is 0.952. The van der Waals surface area contributed by atoms with Gasteiger partial charge in [-0.15, -0.1) is 0 Å². The maximum atomic E-state index is 3.77. The molecule has 0 saturated heterocycles. The molecule has 0 aliphatic carbocycles. The summed E-state index contributed by atoms with van der Waals surface area (Å²) in [6.45, 7) is 0. The molecular weight excluding hydrogens is 114 g/mol. The Kier molecular flexibility index (Phi) is 1.90. The number of aromatic amines is 1. The molecule has 48 valence electrons. The molecule has 0 spiro atoms. The van der Waals surface area contributed by atoms with Gasteiger partial charge in [0.15, 0.2) is 0 Å². The summed E-state index contributed by atoms with van der Waals surface area (Å²) in [6.07, 6.45) is 5.47. The van der Waals surface area contributed by atoms with E-state index in [1.54, 1.807) is 6.20 Å². The van der Waals surface area contributed by atoms with E-state index in [-0.39, 0.29) is 0 Å². The molecule has 0 atom stereocenters. The maximum absolute atomic E-state index is 3.77. The van der Waals surface area contributed by atoms with Crippen LogP contribution in [0.5, 0.6) is 0 Å². The summed E-state index contributed by atoms with van der Waals surface area (Å²) >= 11 is 0. The molecule has 1 rings (SSSR count). The van der Waals surface area contributed by atoms with Crippen LogP contribution in [0, 0.1) is 0 Å². The Morgan fingerprint density at radius 3 is 3.22 bits per heavy atom. The summed E-state index contributed by atoms with van der Waals surface area (Å²) in [4.78, 5) is 0. The van der Waals surface area contributed by atoms with Crippen LogP contribution in [0.25, 0.3) is 6.08 Å². The fourth-order valence-corrected chi connectivity index (χ4v) is 0.533. The highest BCUT2D eigenvalue weighted by Crippen LogP contribution is 1.91. The number of rotatable bonds is 2. The number of nitrogens with one attached hydrogen (secondary N) is 2. The van der Waals surface area contributed by atoms with E-state index in [0.717, 1.165) is 5.69 Å². The minimum atomic E-state index is 1.00. The molecule has 0 radical (unpaired) electrons. The molecule has 1 aromatic heterocycles. The van der Waals surface area contributed by atoms with Crippen LogP contribution in [0.15, 0.2) is 18.5 Å². The van der Waals surface area contributed by atoms with E-state index in [4.69, 9.17) is 0 Å². The lowest BCUT2D eigenvalue weighted by Crippen LogP contribution is -1.90. The van der Waals surface area contributed by atoms with E-state index in [0.29, 0.717) is 0 Å². The van der Waals surface area contributed by atoms with Crippen molar-refractivity contribution in [3.05, 3.63) is 24.2 Å². The van der Waals surface area contributed by atoms with Crippen molar-refractivity contribution in [2.75, 3.05) is 7.05 Å². The zero-order chi connectivity index (χ0) is 6.53.